The molecule has 1 atom stereocenters. The maximum atomic E-state index is 13.8. The fourth-order valence-corrected chi connectivity index (χ4v) is 3.75. The van der Waals surface area contributed by atoms with Crippen LogP contribution in [0.5, 0.6) is 0 Å². The molecule has 1 unspecified atom stereocenters. The fourth-order valence-electron chi connectivity index (χ4n) is 3.75. The molecule has 3 amide bonds. The Labute approximate surface area is 153 Å². The van der Waals surface area contributed by atoms with Crippen LogP contribution in [0.3, 0.4) is 0 Å². The number of halogens is 2. The van der Waals surface area contributed by atoms with Crippen molar-refractivity contribution in [3.05, 3.63) is 59.7 Å². The van der Waals surface area contributed by atoms with Gasteiger partial charge in [0.15, 0.2) is 0 Å². The Morgan fingerprint density at radius 3 is 2.59 bits per heavy atom. The predicted octanol–water partition coefficient (Wildman–Crippen LogP) is 2.51. The summed E-state index contributed by atoms with van der Waals surface area (Å²) >= 11 is 0. The smallest absolute Gasteiger partial charge is 0.271 e. The van der Waals surface area contributed by atoms with Crippen LogP contribution in [-0.4, -0.2) is 35.3 Å². The van der Waals surface area contributed by atoms with Crippen LogP contribution >= 0.6 is 0 Å². The first kappa shape index (κ1) is 17.1. The average molecular weight is 371 g/mol. The van der Waals surface area contributed by atoms with E-state index in [1.54, 1.807) is 0 Å². The molecule has 2 aliphatic rings. The van der Waals surface area contributed by atoms with E-state index >= 15 is 0 Å². The molecule has 0 spiro atoms. The molecule has 0 bridgehead atoms. The van der Waals surface area contributed by atoms with Crippen molar-refractivity contribution >= 4 is 29.1 Å². The highest BCUT2D eigenvalue weighted by Crippen LogP contribution is 2.44. The summed E-state index contributed by atoms with van der Waals surface area (Å²) in [6, 6.07) is 8.79. The van der Waals surface area contributed by atoms with Gasteiger partial charge in [-0.15, -0.1) is 0 Å². The van der Waals surface area contributed by atoms with E-state index in [2.05, 4.69) is 5.32 Å². The number of carbonyl (C=O) groups is 3. The van der Waals surface area contributed by atoms with Crippen LogP contribution in [0.2, 0.25) is 0 Å². The van der Waals surface area contributed by atoms with Gasteiger partial charge >= 0.3 is 0 Å². The zero-order chi connectivity index (χ0) is 19.3. The van der Waals surface area contributed by atoms with Crippen molar-refractivity contribution in [1.29, 1.82) is 0 Å². The third-order valence-electron chi connectivity index (χ3n) is 5.04. The van der Waals surface area contributed by atoms with Gasteiger partial charge in [0.1, 0.15) is 11.6 Å². The van der Waals surface area contributed by atoms with Gasteiger partial charge in [-0.3, -0.25) is 19.3 Å². The van der Waals surface area contributed by atoms with Gasteiger partial charge in [0.2, 0.25) is 11.6 Å². The number of hydrogen-bond acceptors (Lipinski definition) is 3. The molecule has 1 saturated heterocycles. The molecule has 2 heterocycles. The minimum Gasteiger partial charge on any atom is -0.322 e. The van der Waals surface area contributed by atoms with Crippen molar-refractivity contribution in [1.82, 2.24) is 4.90 Å². The van der Waals surface area contributed by atoms with Gasteiger partial charge in [0.05, 0.1) is 11.3 Å². The second-order valence-corrected chi connectivity index (χ2v) is 6.54. The Hall–Kier alpha value is -3.29. The zero-order valence-electron chi connectivity index (χ0n) is 14.3. The summed E-state index contributed by atoms with van der Waals surface area (Å²) in [6.45, 7) is 0. The maximum absolute atomic E-state index is 13.8. The van der Waals surface area contributed by atoms with Gasteiger partial charge in [-0.25, -0.2) is 8.78 Å². The molecule has 1 fully saturated rings. The van der Waals surface area contributed by atoms with Crippen molar-refractivity contribution in [2.24, 2.45) is 0 Å². The summed E-state index contributed by atoms with van der Waals surface area (Å²) < 4.78 is 27.3. The van der Waals surface area contributed by atoms with E-state index < -0.39 is 35.0 Å². The summed E-state index contributed by atoms with van der Waals surface area (Å²) in [4.78, 5) is 40.9. The standard InChI is InChI=1S/C19H15F2N3O3/c1-23-17(26)14-6-5-12(21)10-15(14)24-16(25)7-8-19(23,24)18(27)22-13-4-2-3-11(20)9-13/h2-6,9-10H,7-8H2,1H3,(H,22,27). The lowest BCUT2D eigenvalue weighted by Crippen LogP contribution is -2.68. The normalized spacial score (nSPS) is 21.1. The summed E-state index contributed by atoms with van der Waals surface area (Å²) in [6.07, 6.45) is 0.0648. The van der Waals surface area contributed by atoms with Crippen LogP contribution in [0, 0.1) is 11.6 Å². The monoisotopic (exact) mass is 371 g/mol. The van der Waals surface area contributed by atoms with Crippen LogP contribution in [0.1, 0.15) is 23.2 Å². The summed E-state index contributed by atoms with van der Waals surface area (Å²) in [7, 11) is 1.42. The van der Waals surface area contributed by atoms with Crippen LogP contribution < -0.4 is 10.2 Å². The van der Waals surface area contributed by atoms with Crippen molar-refractivity contribution < 1.29 is 23.2 Å². The minimum atomic E-state index is -1.64. The predicted molar refractivity (Wildman–Crippen MR) is 93.0 cm³/mol. The van der Waals surface area contributed by atoms with Gasteiger partial charge in [0, 0.05) is 25.6 Å². The van der Waals surface area contributed by atoms with E-state index in [4.69, 9.17) is 0 Å². The largest absolute Gasteiger partial charge is 0.322 e. The van der Waals surface area contributed by atoms with Crippen molar-refractivity contribution in [3.63, 3.8) is 0 Å². The van der Waals surface area contributed by atoms with Crippen molar-refractivity contribution in [3.8, 4) is 0 Å². The lowest BCUT2D eigenvalue weighted by molar-refractivity contribution is -0.128. The van der Waals surface area contributed by atoms with E-state index in [1.165, 1.54) is 41.1 Å². The molecule has 27 heavy (non-hydrogen) atoms. The quantitative estimate of drug-likeness (QED) is 0.882. The number of hydrogen-bond donors (Lipinski definition) is 1. The maximum Gasteiger partial charge on any atom is 0.271 e. The van der Waals surface area contributed by atoms with Gasteiger partial charge in [-0.1, -0.05) is 6.07 Å². The highest BCUT2D eigenvalue weighted by atomic mass is 19.1. The molecule has 6 nitrogen and oxygen atoms in total. The average Bonchev–Trinajstić information content (AvgIpc) is 2.98. The Bertz CT molecular complexity index is 994. The zero-order valence-corrected chi connectivity index (χ0v) is 14.3. The number of carbonyl (C=O) groups excluding carboxylic acids is 3. The SMILES string of the molecule is CN1C(=O)c2ccc(F)cc2N2C(=O)CCC12C(=O)Nc1cccc(F)c1. The Morgan fingerprint density at radius 2 is 1.85 bits per heavy atom. The number of nitrogens with one attached hydrogen (secondary N) is 1. The topological polar surface area (TPSA) is 69.7 Å². The molecule has 1 N–H and O–H groups in total. The molecule has 0 aliphatic carbocycles. The first-order chi connectivity index (χ1) is 12.8. The first-order valence-electron chi connectivity index (χ1n) is 8.32. The van der Waals surface area contributed by atoms with Crippen LogP contribution in [0.25, 0.3) is 0 Å². The second-order valence-electron chi connectivity index (χ2n) is 6.54. The number of anilines is 2. The lowest BCUT2D eigenvalue weighted by Gasteiger charge is -2.47. The number of fused-ring (bicyclic) bond motifs is 3. The molecule has 2 aromatic rings. The van der Waals surface area contributed by atoms with Crippen molar-refractivity contribution in [2.75, 3.05) is 17.3 Å². The molecule has 0 radical (unpaired) electrons. The molecule has 8 heteroatoms. The molecule has 0 aromatic heterocycles. The van der Waals surface area contributed by atoms with Gasteiger partial charge < -0.3 is 10.2 Å². The first-order valence-corrected chi connectivity index (χ1v) is 8.32. The molecular formula is C19H15F2N3O3. The Kier molecular flexibility index (Phi) is 3.73. The van der Waals surface area contributed by atoms with Gasteiger partial charge in [-0.05, 0) is 36.4 Å². The van der Waals surface area contributed by atoms with E-state index in [0.717, 1.165) is 18.2 Å². The van der Waals surface area contributed by atoms with Crippen LogP contribution in [0.4, 0.5) is 20.2 Å². The molecule has 2 aliphatic heterocycles. The Morgan fingerprint density at radius 1 is 1.11 bits per heavy atom. The number of nitrogens with zero attached hydrogens (tertiary/aromatic N) is 2. The molecule has 2 aromatic carbocycles. The summed E-state index contributed by atoms with van der Waals surface area (Å²) in [5, 5.41) is 2.57. The van der Waals surface area contributed by atoms with Crippen molar-refractivity contribution in [2.45, 2.75) is 18.5 Å². The summed E-state index contributed by atoms with van der Waals surface area (Å²) in [5.74, 6) is -2.71. The minimum absolute atomic E-state index is 0.0180. The van der Waals surface area contributed by atoms with E-state index in [-0.39, 0.29) is 29.8 Å². The highest BCUT2D eigenvalue weighted by Gasteiger charge is 2.59. The molecule has 0 saturated carbocycles. The third kappa shape index (κ3) is 2.40. The molecule has 4 rings (SSSR count). The van der Waals surface area contributed by atoms with Gasteiger partial charge in [-0.2, -0.15) is 0 Å². The summed E-state index contributed by atoms with van der Waals surface area (Å²) in [5.41, 5.74) is -1.24. The van der Waals surface area contributed by atoms with Crippen LogP contribution in [-0.2, 0) is 9.59 Å². The number of rotatable bonds is 2. The number of amides is 3. The van der Waals surface area contributed by atoms with E-state index in [1.807, 2.05) is 0 Å². The lowest BCUT2D eigenvalue weighted by atomic mass is 9.96. The van der Waals surface area contributed by atoms with Gasteiger partial charge in [0.25, 0.3) is 11.8 Å². The van der Waals surface area contributed by atoms with Crippen LogP contribution in [0.15, 0.2) is 42.5 Å². The molecule has 138 valence electrons. The fraction of sp³-hybridized carbons (Fsp3) is 0.211. The third-order valence-corrected chi connectivity index (χ3v) is 5.04. The van der Waals surface area contributed by atoms with E-state index in [0.29, 0.717) is 0 Å². The molecular weight excluding hydrogens is 356 g/mol. The number of benzene rings is 2. The number of likely N-dealkylation sites (N-methyl/N-ethyl adjacent to an activating group) is 1. The second kappa shape index (κ2) is 5.87. The Balaban J connectivity index is 1.83. The highest BCUT2D eigenvalue weighted by molar-refractivity contribution is 6.18. The van der Waals surface area contributed by atoms with E-state index in [9.17, 15) is 23.2 Å².